The van der Waals surface area contributed by atoms with Gasteiger partial charge in [0.2, 0.25) is 0 Å². The Balaban J connectivity index is 2.51. The highest BCUT2D eigenvalue weighted by atomic mass is 15.4. The monoisotopic (exact) mass is 245 g/mol. The number of nitrogens with two attached hydrogens (primary N) is 1. The molecule has 1 aromatic rings. The van der Waals surface area contributed by atoms with Crippen molar-refractivity contribution in [2.75, 3.05) is 18.2 Å². The number of nitrogen functional groups attached to an aromatic ring is 1. The Kier molecular flexibility index (Phi) is 5.18. The average molecular weight is 245 g/mol. The van der Waals surface area contributed by atoms with E-state index in [1.54, 1.807) is 23.5 Å². The zero-order chi connectivity index (χ0) is 13.4. The molecule has 0 fully saturated rings. The van der Waals surface area contributed by atoms with Gasteiger partial charge in [-0.05, 0) is 24.3 Å². The third kappa shape index (κ3) is 4.13. The summed E-state index contributed by atoms with van der Waals surface area (Å²) in [5.74, 6) is 0.647. The van der Waals surface area contributed by atoms with Gasteiger partial charge in [0, 0.05) is 31.3 Å². The van der Waals surface area contributed by atoms with Gasteiger partial charge in [-0.25, -0.2) is 0 Å². The molecule has 0 aliphatic carbocycles. The van der Waals surface area contributed by atoms with E-state index in [9.17, 15) is 0 Å². The summed E-state index contributed by atoms with van der Waals surface area (Å²) in [6.07, 6.45) is 5.22. The molecule has 18 heavy (non-hydrogen) atoms. The Morgan fingerprint density at radius 1 is 1.33 bits per heavy atom. The number of hydrogen-bond donors (Lipinski definition) is 4. The third-order valence-corrected chi connectivity index (χ3v) is 2.17. The molecule has 0 bridgehead atoms. The zero-order valence-corrected chi connectivity index (χ0v) is 10.5. The highest BCUT2D eigenvalue weighted by molar-refractivity contribution is 5.50. The second-order valence-corrected chi connectivity index (χ2v) is 3.51. The first-order valence-corrected chi connectivity index (χ1v) is 5.48. The lowest BCUT2D eigenvalue weighted by Crippen LogP contribution is -2.28. The number of nitrogens with zero attached hydrogens (tertiary/aromatic N) is 1. The molecule has 0 spiro atoms. The van der Waals surface area contributed by atoms with Gasteiger partial charge in [0.15, 0.2) is 0 Å². The third-order valence-electron chi connectivity index (χ3n) is 2.17. The van der Waals surface area contributed by atoms with E-state index in [1.165, 1.54) is 0 Å². The van der Waals surface area contributed by atoms with Gasteiger partial charge < -0.3 is 16.0 Å². The lowest BCUT2D eigenvalue weighted by atomic mass is 10.3. The van der Waals surface area contributed by atoms with Crippen LogP contribution in [0.15, 0.2) is 61.8 Å². The quantitative estimate of drug-likeness (QED) is 0.436. The molecule has 0 aliphatic heterocycles. The van der Waals surface area contributed by atoms with Crippen LogP contribution >= 0.6 is 0 Å². The molecular weight excluding hydrogens is 226 g/mol. The normalized spacial score (nSPS) is 9.83. The van der Waals surface area contributed by atoms with Gasteiger partial charge in [0.25, 0.3) is 0 Å². The summed E-state index contributed by atoms with van der Waals surface area (Å²) >= 11 is 0. The van der Waals surface area contributed by atoms with Crippen LogP contribution in [0.25, 0.3) is 0 Å². The number of rotatable bonds is 7. The van der Waals surface area contributed by atoms with E-state index in [1.807, 2.05) is 31.3 Å². The Hall–Kier alpha value is -2.56. The minimum Gasteiger partial charge on any atom is -0.399 e. The predicted octanol–water partition coefficient (Wildman–Crippen LogP) is 1.79. The summed E-state index contributed by atoms with van der Waals surface area (Å²) in [5, 5.41) is 2.89. The first-order valence-electron chi connectivity index (χ1n) is 5.48. The average Bonchev–Trinajstić information content (AvgIpc) is 2.39. The molecule has 0 amide bonds. The largest absolute Gasteiger partial charge is 0.399 e. The van der Waals surface area contributed by atoms with E-state index in [2.05, 4.69) is 29.3 Å². The van der Waals surface area contributed by atoms with E-state index >= 15 is 0 Å². The fourth-order valence-electron chi connectivity index (χ4n) is 1.19. The molecule has 96 valence electrons. The van der Waals surface area contributed by atoms with Gasteiger partial charge >= 0.3 is 0 Å². The van der Waals surface area contributed by atoms with Crippen molar-refractivity contribution in [1.82, 2.24) is 15.6 Å². The molecule has 5 heteroatoms. The number of benzene rings is 1. The van der Waals surface area contributed by atoms with Crippen LogP contribution in [0, 0.1) is 0 Å². The van der Waals surface area contributed by atoms with Gasteiger partial charge in [0.1, 0.15) is 5.82 Å². The maximum Gasteiger partial charge on any atom is 0.121 e. The molecule has 5 nitrogen and oxygen atoms in total. The molecule has 0 aromatic heterocycles. The lowest BCUT2D eigenvalue weighted by molar-refractivity contribution is 0.575. The Morgan fingerprint density at radius 3 is 2.56 bits per heavy atom. The van der Waals surface area contributed by atoms with Crippen molar-refractivity contribution >= 4 is 11.4 Å². The summed E-state index contributed by atoms with van der Waals surface area (Å²) in [5.41, 5.74) is 13.2. The van der Waals surface area contributed by atoms with Gasteiger partial charge in [-0.1, -0.05) is 13.2 Å². The van der Waals surface area contributed by atoms with Gasteiger partial charge in [-0.2, -0.15) is 0 Å². The Labute approximate surface area is 108 Å². The topological polar surface area (TPSA) is 65.3 Å². The Bertz CT molecular complexity index is 422. The minimum absolute atomic E-state index is 0.647. The first-order chi connectivity index (χ1) is 8.67. The van der Waals surface area contributed by atoms with Crippen LogP contribution in [0.4, 0.5) is 11.4 Å². The van der Waals surface area contributed by atoms with Crippen LogP contribution in [-0.2, 0) is 0 Å². The summed E-state index contributed by atoms with van der Waals surface area (Å²) in [6.45, 7) is 7.59. The van der Waals surface area contributed by atoms with Crippen molar-refractivity contribution in [2.24, 2.45) is 0 Å². The van der Waals surface area contributed by atoms with E-state index in [4.69, 9.17) is 5.73 Å². The van der Waals surface area contributed by atoms with Crippen molar-refractivity contribution in [2.45, 2.75) is 0 Å². The predicted molar refractivity (Wildman–Crippen MR) is 77.0 cm³/mol. The first kappa shape index (κ1) is 13.5. The van der Waals surface area contributed by atoms with Crippen molar-refractivity contribution in [3.8, 4) is 0 Å². The molecule has 0 saturated carbocycles. The summed E-state index contributed by atoms with van der Waals surface area (Å²) in [7, 11) is 1.82. The molecule has 0 saturated heterocycles. The van der Waals surface area contributed by atoms with E-state index < -0.39 is 0 Å². The molecule has 1 rings (SSSR count). The van der Waals surface area contributed by atoms with Gasteiger partial charge in [-0.3, -0.25) is 10.9 Å². The molecule has 0 unspecified atom stereocenters. The van der Waals surface area contributed by atoms with Crippen LogP contribution in [0.1, 0.15) is 0 Å². The van der Waals surface area contributed by atoms with E-state index in [-0.39, 0.29) is 0 Å². The highest BCUT2D eigenvalue weighted by Gasteiger charge is 1.98. The van der Waals surface area contributed by atoms with Crippen LogP contribution in [0.5, 0.6) is 0 Å². The van der Waals surface area contributed by atoms with Crippen LogP contribution in [-0.4, -0.2) is 11.9 Å². The van der Waals surface area contributed by atoms with Gasteiger partial charge in [0.05, 0.1) is 5.69 Å². The molecule has 0 radical (unpaired) electrons. The van der Waals surface area contributed by atoms with Crippen molar-refractivity contribution in [1.29, 1.82) is 0 Å². The van der Waals surface area contributed by atoms with Crippen LogP contribution in [0.3, 0.4) is 0 Å². The zero-order valence-electron chi connectivity index (χ0n) is 10.5. The molecular formula is C13H19N5. The smallest absolute Gasteiger partial charge is 0.121 e. The molecule has 5 N–H and O–H groups in total. The van der Waals surface area contributed by atoms with E-state index in [0.29, 0.717) is 5.82 Å². The highest BCUT2D eigenvalue weighted by Crippen LogP contribution is 2.10. The fourth-order valence-corrected chi connectivity index (χ4v) is 1.19. The molecule has 1 aromatic carbocycles. The van der Waals surface area contributed by atoms with Crippen molar-refractivity contribution in [3.63, 3.8) is 0 Å². The maximum atomic E-state index is 5.60. The lowest BCUT2D eigenvalue weighted by Gasteiger charge is -2.20. The summed E-state index contributed by atoms with van der Waals surface area (Å²) in [6, 6.07) is 7.38. The van der Waals surface area contributed by atoms with Crippen LogP contribution in [0.2, 0.25) is 0 Å². The maximum absolute atomic E-state index is 5.60. The SMILES string of the molecule is C=CN(/C=C\NC)C(=C)NNc1ccc(N)cc1. The second-order valence-electron chi connectivity index (χ2n) is 3.51. The standard InChI is InChI=1S/C13H19N5/c1-4-18(10-9-15-3)11(2)16-17-13-7-5-12(14)6-8-13/h4-10,15-17H,1-2,14H2,3H3/b10-9-. The van der Waals surface area contributed by atoms with Crippen molar-refractivity contribution in [3.05, 3.63) is 61.8 Å². The summed E-state index contributed by atoms with van der Waals surface area (Å²) in [4.78, 5) is 1.74. The fraction of sp³-hybridized carbons (Fsp3) is 0.0769. The van der Waals surface area contributed by atoms with Crippen molar-refractivity contribution < 1.29 is 0 Å². The van der Waals surface area contributed by atoms with Crippen LogP contribution < -0.4 is 21.9 Å². The van der Waals surface area contributed by atoms with E-state index in [0.717, 1.165) is 11.4 Å². The second kappa shape index (κ2) is 6.90. The number of hydrogen-bond acceptors (Lipinski definition) is 5. The number of nitrogens with one attached hydrogen (secondary N) is 3. The minimum atomic E-state index is 0.647. The molecule has 0 heterocycles. The van der Waals surface area contributed by atoms with Gasteiger partial charge in [-0.15, -0.1) is 0 Å². The molecule has 0 aliphatic rings. The Morgan fingerprint density at radius 2 is 2.00 bits per heavy atom. The summed E-state index contributed by atoms with van der Waals surface area (Å²) < 4.78 is 0. The molecule has 0 atom stereocenters. The number of anilines is 2. The number of hydrazine groups is 1.